The molecule has 1 amide bonds. The van der Waals surface area contributed by atoms with E-state index in [0.29, 0.717) is 12.5 Å². The van der Waals surface area contributed by atoms with Crippen LogP contribution in [0.4, 0.5) is 0 Å². The summed E-state index contributed by atoms with van der Waals surface area (Å²) in [5, 5.41) is 10.2. The number of halogens is 1. The third-order valence-corrected chi connectivity index (χ3v) is 3.29. The highest BCUT2D eigenvalue weighted by Gasteiger charge is 2.13. The van der Waals surface area contributed by atoms with Crippen LogP contribution >= 0.6 is 24.0 Å². The Hall–Kier alpha value is -1.77. The maximum atomic E-state index is 11.8. The van der Waals surface area contributed by atoms with E-state index in [1.54, 1.807) is 7.05 Å². The van der Waals surface area contributed by atoms with Gasteiger partial charge in [0.1, 0.15) is 11.3 Å². The molecule has 6 nitrogen and oxygen atoms in total. The molecule has 0 saturated heterocycles. The molecule has 0 aliphatic heterocycles. The van der Waals surface area contributed by atoms with Crippen LogP contribution in [-0.2, 0) is 11.2 Å². The fraction of sp³-hybridized carbons (Fsp3) is 0.444. The summed E-state index contributed by atoms with van der Waals surface area (Å²) in [4.78, 5) is 15.9. The molecule has 0 spiro atoms. The molecule has 3 N–H and O–H groups in total. The molecule has 1 heterocycles. The average molecular weight is 458 g/mol. The normalized spacial score (nSPS) is 11.8. The molecule has 2 aromatic rings. The monoisotopic (exact) mass is 458 g/mol. The van der Waals surface area contributed by atoms with Crippen molar-refractivity contribution >= 4 is 46.8 Å². The number of hydrogen-bond donors (Lipinski definition) is 3. The topological polar surface area (TPSA) is 78.7 Å². The van der Waals surface area contributed by atoms with Crippen LogP contribution in [-0.4, -0.2) is 37.5 Å². The van der Waals surface area contributed by atoms with Crippen molar-refractivity contribution in [2.75, 3.05) is 20.1 Å². The van der Waals surface area contributed by atoms with Gasteiger partial charge in [-0.05, 0) is 32.9 Å². The molecule has 0 fully saturated rings. The molecule has 1 aromatic heterocycles. The second kappa shape index (κ2) is 9.65. The van der Waals surface area contributed by atoms with Gasteiger partial charge in [-0.1, -0.05) is 18.2 Å². The van der Waals surface area contributed by atoms with Crippen LogP contribution < -0.4 is 16.0 Å². The number of para-hydroxylation sites is 1. The number of rotatable bonds is 5. The Bertz CT molecular complexity index is 686. The Labute approximate surface area is 165 Å². The molecule has 0 aliphatic carbocycles. The number of aliphatic imine (C=N–C) groups is 1. The van der Waals surface area contributed by atoms with Gasteiger partial charge in [-0.25, -0.2) is 0 Å². The minimum absolute atomic E-state index is 0. The number of furan rings is 1. The van der Waals surface area contributed by atoms with E-state index in [2.05, 4.69) is 20.9 Å². The zero-order chi connectivity index (χ0) is 17.6. The van der Waals surface area contributed by atoms with Crippen molar-refractivity contribution in [1.82, 2.24) is 16.0 Å². The minimum Gasteiger partial charge on any atom is -0.461 e. The van der Waals surface area contributed by atoms with E-state index in [1.807, 2.05) is 51.1 Å². The van der Waals surface area contributed by atoms with Crippen molar-refractivity contribution in [3.8, 4) is 0 Å². The van der Waals surface area contributed by atoms with Crippen LogP contribution in [0, 0.1) is 0 Å². The predicted molar refractivity (Wildman–Crippen MR) is 113 cm³/mol. The number of guanidine groups is 1. The van der Waals surface area contributed by atoms with Gasteiger partial charge in [0.15, 0.2) is 5.96 Å². The number of carbonyl (C=O) groups is 1. The van der Waals surface area contributed by atoms with E-state index in [1.165, 1.54) is 0 Å². The van der Waals surface area contributed by atoms with Crippen LogP contribution in [0.1, 0.15) is 26.5 Å². The highest BCUT2D eigenvalue weighted by atomic mass is 127. The summed E-state index contributed by atoms with van der Waals surface area (Å²) in [6, 6.07) is 9.99. The van der Waals surface area contributed by atoms with Gasteiger partial charge in [-0.3, -0.25) is 9.79 Å². The Kier molecular flexibility index (Phi) is 8.21. The van der Waals surface area contributed by atoms with Crippen molar-refractivity contribution in [2.45, 2.75) is 32.7 Å². The van der Waals surface area contributed by atoms with Crippen LogP contribution in [0.25, 0.3) is 11.0 Å². The SMILES string of the molecule is CN=C(NCCc1cc2ccccc2o1)NCC(=O)NC(C)(C)C.I. The summed E-state index contributed by atoms with van der Waals surface area (Å²) >= 11 is 0. The van der Waals surface area contributed by atoms with E-state index in [-0.39, 0.29) is 42.0 Å². The van der Waals surface area contributed by atoms with E-state index in [0.717, 1.165) is 23.2 Å². The third kappa shape index (κ3) is 7.33. The van der Waals surface area contributed by atoms with Crippen LogP contribution in [0.2, 0.25) is 0 Å². The van der Waals surface area contributed by atoms with Gasteiger partial charge in [-0.2, -0.15) is 0 Å². The van der Waals surface area contributed by atoms with E-state index in [4.69, 9.17) is 4.42 Å². The molecule has 1 aromatic carbocycles. The number of nitrogens with one attached hydrogen (secondary N) is 3. The number of amides is 1. The Balaban J connectivity index is 0.00000312. The average Bonchev–Trinajstić information content (AvgIpc) is 2.91. The van der Waals surface area contributed by atoms with Crippen LogP contribution in [0.3, 0.4) is 0 Å². The summed E-state index contributed by atoms with van der Waals surface area (Å²) in [6.07, 6.45) is 0.740. The molecule has 0 radical (unpaired) electrons. The fourth-order valence-corrected chi connectivity index (χ4v) is 2.31. The van der Waals surface area contributed by atoms with Gasteiger partial charge in [-0.15, -0.1) is 24.0 Å². The zero-order valence-electron chi connectivity index (χ0n) is 15.2. The summed E-state index contributed by atoms with van der Waals surface area (Å²) in [5.74, 6) is 1.45. The quantitative estimate of drug-likeness (QED) is 0.366. The molecule has 0 bridgehead atoms. The lowest BCUT2D eigenvalue weighted by Gasteiger charge is -2.21. The molecule has 0 saturated carbocycles. The maximum absolute atomic E-state index is 11.8. The lowest BCUT2D eigenvalue weighted by molar-refractivity contribution is -0.121. The number of benzene rings is 1. The first-order valence-electron chi connectivity index (χ1n) is 8.10. The van der Waals surface area contributed by atoms with Gasteiger partial charge in [0, 0.05) is 30.9 Å². The highest BCUT2D eigenvalue weighted by Crippen LogP contribution is 2.18. The van der Waals surface area contributed by atoms with Gasteiger partial charge in [0.2, 0.25) is 5.91 Å². The number of fused-ring (bicyclic) bond motifs is 1. The zero-order valence-corrected chi connectivity index (χ0v) is 17.5. The second-order valence-corrected chi connectivity index (χ2v) is 6.65. The molecular weight excluding hydrogens is 431 g/mol. The molecule has 0 aliphatic rings. The number of hydrogen-bond acceptors (Lipinski definition) is 3. The van der Waals surface area contributed by atoms with E-state index >= 15 is 0 Å². The van der Waals surface area contributed by atoms with Crippen molar-refractivity contribution < 1.29 is 9.21 Å². The second-order valence-electron chi connectivity index (χ2n) is 6.65. The Morgan fingerprint density at radius 1 is 1.20 bits per heavy atom. The van der Waals surface area contributed by atoms with Crippen LogP contribution in [0.15, 0.2) is 39.7 Å². The van der Waals surface area contributed by atoms with Crippen molar-refractivity contribution in [3.63, 3.8) is 0 Å². The van der Waals surface area contributed by atoms with Gasteiger partial charge in [0.25, 0.3) is 0 Å². The third-order valence-electron chi connectivity index (χ3n) is 3.29. The molecule has 2 rings (SSSR count). The largest absolute Gasteiger partial charge is 0.461 e. The minimum atomic E-state index is -0.239. The molecule has 0 atom stereocenters. The molecule has 25 heavy (non-hydrogen) atoms. The smallest absolute Gasteiger partial charge is 0.239 e. The molecule has 7 heteroatoms. The summed E-state index contributed by atoms with van der Waals surface area (Å²) < 4.78 is 5.77. The standard InChI is InChI=1S/C18H26N4O2.HI/c1-18(2,3)22-16(23)12-21-17(19-4)20-10-9-14-11-13-7-5-6-8-15(13)24-14;/h5-8,11H,9-10,12H2,1-4H3,(H,22,23)(H2,19,20,21);1H. The van der Waals surface area contributed by atoms with Gasteiger partial charge < -0.3 is 20.4 Å². The molecule has 0 unspecified atom stereocenters. The van der Waals surface area contributed by atoms with Crippen LogP contribution in [0.5, 0.6) is 0 Å². The van der Waals surface area contributed by atoms with Crippen molar-refractivity contribution in [2.24, 2.45) is 4.99 Å². The van der Waals surface area contributed by atoms with Gasteiger partial charge >= 0.3 is 0 Å². The number of carbonyl (C=O) groups excluding carboxylic acids is 1. The Morgan fingerprint density at radius 2 is 1.92 bits per heavy atom. The predicted octanol–water partition coefficient (Wildman–Crippen LogP) is 2.67. The van der Waals surface area contributed by atoms with E-state index < -0.39 is 0 Å². The highest BCUT2D eigenvalue weighted by molar-refractivity contribution is 14.0. The fourth-order valence-electron chi connectivity index (χ4n) is 2.31. The summed E-state index contributed by atoms with van der Waals surface area (Å²) in [6.45, 7) is 6.70. The van der Waals surface area contributed by atoms with Crippen molar-refractivity contribution in [3.05, 3.63) is 36.1 Å². The lowest BCUT2D eigenvalue weighted by Crippen LogP contribution is -2.48. The molecule has 138 valence electrons. The lowest BCUT2D eigenvalue weighted by atomic mass is 10.1. The summed E-state index contributed by atoms with van der Waals surface area (Å²) in [7, 11) is 1.68. The summed E-state index contributed by atoms with van der Waals surface area (Å²) in [5.41, 5.74) is 0.658. The van der Waals surface area contributed by atoms with Gasteiger partial charge in [0.05, 0.1) is 6.54 Å². The maximum Gasteiger partial charge on any atom is 0.239 e. The first-order valence-corrected chi connectivity index (χ1v) is 8.10. The van der Waals surface area contributed by atoms with E-state index in [9.17, 15) is 4.79 Å². The first kappa shape index (κ1) is 21.3. The Morgan fingerprint density at radius 3 is 2.56 bits per heavy atom. The van der Waals surface area contributed by atoms with Crippen molar-refractivity contribution in [1.29, 1.82) is 0 Å². The first-order chi connectivity index (χ1) is 11.4. The molecular formula is C18H27IN4O2. The number of nitrogens with zero attached hydrogens (tertiary/aromatic N) is 1.